The molecule has 0 saturated carbocycles. The topological polar surface area (TPSA) is 57.0 Å². The minimum absolute atomic E-state index is 0.158. The van der Waals surface area contributed by atoms with E-state index in [1.54, 1.807) is 0 Å². The second-order valence-corrected chi connectivity index (χ2v) is 5.46. The summed E-state index contributed by atoms with van der Waals surface area (Å²) in [7, 11) is 1.91. The zero-order valence-corrected chi connectivity index (χ0v) is 11.3. The molecule has 19 heavy (non-hydrogen) atoms. The van der Waals surface area contributed by atoms with Crippen molar-refractivity contribution in [3.8, 4) is 11.4 Å². The lowest BCUT2D eigenvalue weighted by atomic mass is 10.2. The molecule has 0 N–H and O–H groups in total. The zero-order valence-electron chi connectivity index (χ0n) is 10.4. The lowest BCUT2D eigenvalue weighted by molar-refractivity contribution is -0.137. The Morgan fingerprint density at radius 2 is 2.11 bits per heavy atom. The fourth-order valence-electron chi connectivity index (χ4n) is 1.97. The van der Waals surface area contributed by atoms with E-state index >= 15 is 0 Å². The van der Waals surface area contributed by atoms with E-state index in [9.17, 15) is 4.79 Å². The minimum Gasteiger partial charge on any atom is -0.465 e. The summed E-state index contributed by atoms with van der Waals surface area (Å²) in [6.07, 6.45) is 0.733. The van der Waals surface area contributed by atoms with E-state index in [2.05, 4.69) is 10.2 Å². The van der Waals surface area contributed by atoms with Gasteiger partial charge in [-0.1, -0.05) is 42.1 Å². The second-order valence-electron chi connectivity index (χ2n) is 4.29. The van der Waals surface area contributed by atoms with Crippen LogP contribution in [-0.4, -0.2) is 32.6 Å². The van der Waals surface area contributed by atoms with Crippen LogP contribution in [0, 0.1) is 0 Å². The number of hydrogen-bond donors (Lipinski definition) is 0. The van der Waals surface area contributed by atoms with Gasteiger partial charge in [0, 0.05) is 19.0 Å². The lowest BCUT2D eigenvalue weighted by Crippen LogP contribution is -2.10. The van der Waals surface area contributed by atoms with Gasteiger partial charge in [0.25, 0.3) is 0 Å². The van der Waals surface area contributed by atoms with Crippen molar-refractivity contribution in [3.63, 3.8) is 0 Å². The Morgan fingerprint density at radius 1 is 1.32 bits per heavy atom. The van der Waals surface area contributed by atoms with Gasteiger partial charge in [0.05, 0.1) is 6.61 Å². The van der Waals surface area contributed by atoms with Gasteiger partial charge in [0.1, 0.15) is 5.25 Å². The molecule has 98 valence electrons. The van der Waals surface area contributed by atoms with E-state index in [0.717, 1.165) is 23.0 Å². The highest BCUT2D eigenvalue weighted by molar-refractivity contribution is 8.00. The number of ether oxygens (including phenoxy) is 1. The van der Waals surface area contributed by atoms with Gasteiger partial charge >= 0.3 is 5.97 Å². The molecule has 1 atom stereocenters. The molecule has 5 nitrogen and oxygen atoms in total. The zero-order chi connectivity index (χ0) is 13.2. The number of carbonyl (C=O) groups excluding carboxylic acids is 1. The van der Waals surface area contributed by atoms with Crippen LogP contribution in [0.15, 0.2) is 35.5 Å². The van der Waals surface area contributed by atoms with E-state index in [-0.39, 0.29) is 11.2 Å². The summed E-state index contributed by atoms with van der Waals surface area (Å²) in [6, 6.07) is 9.87. The molecule has 1 aromatic carbocycles. The van der Waals surface area contributed by atoms with Gasteiger partial charge in [-0.15, -0.1) is 10.2 Å². The van der Waals surface area contributed by atoms with E-state index in [1.807, 2.05) is 41.9 Å². The highest BCUT2D eigenvalue weighted by atomic mass is 32.2. The average Bonchev–Trinajstić information content (AvgIpc) is 2.99. The fraction of sp³-hybridized carbons (Fsp3) is 0.308. The van der Waals surface area contributed by atoms with Gasteiger partial charge in [0.2, 0.25) is 0 Å². The van der Waals surface area contributed by atoms with Gasteiger partial charge in [-0.3, -0.25) is 4.79 Å². The van der Waals surface area contributed by atoms with Gasteiger partial charge in [-0.2, -0.15) is 0 Å². The van der Waals surface area contributed by atoms with Crippen LogP contribution in [0.4, 0.5) is 0 Å². The highest BCUT2D eigenvalue weighted by Crippen LogP contribution is 2.29. The van der Waals surface area contributed by atoms with E-state index in [0.29, 0.717) is 6.61 Å². The molecule has 1 fully saturated rings. The van der Waals surface area contributed by atoms with Crippen LogP contribution in [0.2, 0.25) is 0 Å². The molecule has 0 spiro atoms. The molecule has 2 aromatic rings. The Labute approximate surface area is 115 Å². The molecule has 0 radical (unpaired) electrons. The number of carbonyl (C=O) groups is 1. The standard InChI is InChI=1S/C13H13N3O2S/c1-16-11(9-5-3-2-4-6-9)14-15-13(16)19-10-7-8-18-12(10)17/h2-6,10H,7-8H2,1H3/t10-/m0/s1. The Morgan fingerprint density at radius 3 is 2.79 bits per heavy atom. The molecular weight excluding hydrogens is 262 g/mol. The summed E-state index contributed by atoms with van der Waals surface area (Å²) < 4.78 is 6.86. The minimum atomic E-state index is -0.161. The van der Waals surface area contributed by atoms with Crippen LogP contribution in [0.3, 0.4) is 0 Å². The summed E-state index contributed by atoms with van der Waals surface area (Å²) in [5.74, 6) is 0.642. The van der Waals surface area contributed by atoms with Crippen molar-refractivity contribution < 1.29 is 9.53 Å². The number of cyclic esters (lactones) is 1. The maximum Gasteiger partial charge on any atom is 0.319 e. The van der Waals surface area contributed by atoms with Crippen molar-refractivity contribution in [1.29, 1.82) is 0 Å². The lowest BCUT2D eigenvalue weighted by Gasteiger charge is -2.05. The van der Waals surface area contributed by atoms with E-state index in [4.69, 9.17) is 4.74 Å². The number of thioether (sulfide) groups is 1. The molecule has 0 bridgehead atoms. The first kappa shape index (κ1) is 12.2. The van der Waals surface area contributed by atoms with Crippen molar-refractivity contribution in [2.45, 2.75) is 16.8 Å². The van der Waals surface area contributed by atoms with Crippen molar-refractivity contribution >= 4 is 17.7 Å². The molecular formula is C13H13N3O2S. The van der Waals surface area contributed by atoms with Crippen molar-refractivity contribution in [3.05, 3.63) is 30.3 Å². The second kappa shape index (κ2) is 5.05. The van der Waals surface area contributed by atoms with E-state index < -0.39 is 0 Å². The van der Waals surface area contributed by atoms with Gasteiger partial charge in [-0.25, -0.2) is 0 Å². The van der Waals surface area contributed by atoms with Crippen LogP contribution in [0.1, 0.15) is 6.42 Å². The third-order valence-corrected chi connectivity index (χ3v) is 4.28. The van der Waals surface area contributed by atoms with Crippen molar-refractivity contribution in [1.82, 2.24) is 14.8 Å². The normalized spacial score (nSPS) is 18.6. The largest absolute Gasteiger partial charge is 0.465 e. The SMILES string of the molecule is Cn1c(S[C@H]2CCOC2=O)nnc1-c1ccccc1. The van der Waals surface area contributed by atoms with Gasteiger partial charge in [-0.05, 0) is 0 Å². The molecule has 2 heterocycles. The summed E-state index contributed by atoms with van der Waals surface area (Å²) >= 11 is 1.42. The summed E-state index contributed by atoms with van der Waals surface area (Å²) in [5.41, 5.74) is 1.01. The number of aromatic nitrogens is 3. The third kappa shape index (κ3) is 2.35. The molecule has 1 aliphatic heterocycles. The first-order valence-electron chi connectivity index (χ1n) is 6.04. The molecule has 6 heteroatoms. The number of hydrogen-bond acceptors (Lipinski definition) is 5. The average molecular weight is 275 g/mol. The Hall–Kier alpha value is -1.82. The number of rotatable bonds is 3. The van der Waals surface area contributed by atoms with Crippen molar-refractivity contribution in [2.24, 2.45) is 7.05 Å². The summed E-state index contributed by atoms with van der Waals surface area (Å²) in [4.78, 5) is 11.5. The predicted octanol–water partition coefficient (Wildman–Crippen LogP) is 1.89. The maximum atomic E-state index is 11.5. The van der Waals surface area contributed by atoms with Crippen molar-refractivity contribution in [2.75, 3.05) is 6.61 Å². The van der Waals surface area contributed by atoms with Crippen LogP contribution in [-0.2, 0) is 16.6 Å². The highest BCUT2D eigenvalue weighted by Gasteiger charge is 2.29. The summed E-state index contributed by atoms with van der Waals surface area (Å²) in [5, 5.41) is 8.93. The number of nitrogens with zero attached hydrogens (tertiary/aromatic N) is 3. The third-order valence-electron chi connectivity index (χ3n) is 3.00. The molecule has 1 aromatic heterocycles. The quantitative estimate of drug-likeness (QED) is 0.801. The van der Waals surface area contributed by atoms with E-state index in [1.165, 1.54) is 11.8 Å². The maximum absolute atomic E-state index is 11.5. The Bertz CT molecular complexity index is 597. The van der Waals surface area contributed by atoms with Crippen LogP contribution in [0.25, 0.3) is 11.4 Å². The van der Waals surface area contributed by atoms with Crippen LogP contribution >= 0.6 is 11.8 Å². The first-order chi connectivity index (χ1) is 9.25. The summed E-state index contributed by atoms with van der Waals surface area (Å²) in [6.45, 7) is 0.500. The molecule has 0 aliphatic carbocycles. The molecule has 0 unspecified atom stereocenters. The number of esters is 1. The van der Waals surface area contributed by atoms with Gasteiger partial charge < -0.3 is 9.30 Å². The van der Waals surface area contributed by atoms with Crippen LogP contribution in [0.5, 0.6) is 0 Å². The van der Waals surface area contributed by atoms with Crippen LogP contribution < -0.4 is 0 Å². The number of benzene rings is 1. The first-order valence-corrected chi connectivity index (χ1v) is 6.92. The molecule has 1 aliphatic rings. The molecule has 1 saturated heterocycles. The fourth-order valence-corrected chi connectivity index (χ4v) is 2.93. The molecule has 0 amide bonds. The Balaban J connectivity index is 1.85. The Kier molecular flexibility index (Phi) is 3.25. The van der Waals surface area contributed by atoms with Gasteiger partial charge in [0.15, 0.2) is 11.0 Å². The molecule has 3 rings (SSSR count). The smallest absolute Gasteiger partial charge is 0.319 e. The monoisotopic (exact) mass is 275 g/mol. The predicted molar refractivity (Wildman–Crippen MR) is 71.7 cm³/mol.